The number of rotatable bonds is 5. The molecule has 20 heavy (non-hydrogen) atoms. The first-order chi connectivity index (χ1) is 9.58. The molecule has 0 bridgehead atoms. The van der Waals surface area contributed by atoms with E-state index in [9.17, 15) is 4.39 Å². The van der Waals surface area contributed by atoms with Gasteiger partial charge in [0.2, 0.25) is 0 Å². The predicted molar refractivity (Wildman–Crippen MR) is 76.1 cm³/mol. The molecule has 2 N–H and O–H groups in total. The Hall–Kier alpha value is -0.945. The summed E-state index contributed by atoms with van der Waals surface area (Å²) in [4.78, 5) is 2.26. The fourth-order valence-electron chi connectivity index (χ4n) is 2.72. The third kappa shape index (κ3) is 4.28. The molecule has 0 atom stereocenters. The Morgan fingerprint density at radius 3 is 2.60 bits per heavy atom. The number of halogens is 1. The smallest absolute Gasteiger partial charge is 0.423 e. The molecule has 0 amide bonds. The van der Waals surface area contributed by atoms with Crippen molar-refractivity contribution in [3.8, 4) is 0 Å². The van der Waals surface area contributed by atoms with Crippen LogP contribution in [0.25, 0.3) is 0 Å². The maximum Gasteiger partial charge on any atom is 0.488 e. The summed E-state index contributed by atoms with van der Waals surface area (Å²) >= 11 is 0. The van der Waals surface area contributed by atoms with Crippen molar-refractivity contribution in [1.29, 1.82) is 0 Å². The second-order valence-corrected chi connectivity index (χ2v) is 5.44. The van der Waals surface area contributed by atoms with Gasteiger partial charge in [0.25, 0.3) is 0 Å². The van der Waals surface area contributed by atoms with Gasteiger partial charge in [-0.1, -0.05) is 6.07 Å². The maximum absolute atomic E-state index is 13.4. The maximum atomic E-state index is 13.4. The van der Waals surface area contributed by atoms with Gasteiger partial charge in [-0.05, 0) is 55.0 Å². The van der Waals surface area contributed by atoms with Gasteiger partial charge in [0, 0.05) is 20.3 Å². The average molecular weight is 281 g/mol. The standard InChI is InChI=1S/C14H21BFNO3/c1-20-10-11-2-4-17(5-3-11)9-12-6-13(15(18)19)8-14(16)7-12/h6-8,11,18-19H,2-5,9-10H2,1H3. The summed E-state index contributed by atoms with van der Waals surface area (Å²) in [5.41, 5.74) is 0.979. The topological polar surface area (TPSA) is 52.9 Å². The highest BCUT2D eigenvalue weighted by Gasteiger charge is 2.20. The fraction of sp³-hybridized carbons (Fsp3) is 0.571. The van der Waals surface area contributed by atoms with E-state index in [0.29, 0.717) is 12.5 Å². The van der Waals surface area contributed by atoms with Crippen molar-refractivity contribution in [1.82, 2.24) is 4.90 Å². The molecule has 0 aliphatic carbocycles. The zero-order chi connectivity index (χ0) is 14.5. The third-order valence-electron chi connectivity index (χ3n) is 3.79. The molecule has 1 heterocycles. The summed E-state index contributed by atoms with van der Waals surface area (Å²) < 4.78 is 18.6. The molecule has 1 saturated heterocycles. The molecule has 1 aromatic carbocycles. The van der Waals surface area contributed by atoms with Gasteiger partial charge in [0.05, 0.1) is 0 Å². The van der Waals surface area contributed by atoms with Crippen LogP contribution in [0.15, 0.2) is 18.2 Å². The lowest BCUT2D eigenvalue weighted by molar-refractivity contribution is 0.0968. The quantitative estimate of drug-likeness (QED) is 0.765. The minimum atomic E-state index is -1.63. The van der Waals surface area contributed by atoms with Crippen molar-refractivity contribution in [2.75, 3.05) is 26.8 Å². The molecule has 0 spiro atoms. The van der Waals surface area contributed by atoms with Gasteiger partial charge in [-0.3, -0.25) is 4.90 Å². The zero-order valence-electron chi connectivity index (χ0n) is 11.8. The molecular formula is C14H21BFNO3. The first-order valence-corrected chi connectivity index (χ1v) is 6.95. The normalized spacial score (nSPS) is 17.4. The largest absolute Gasteiger partial charge is 0.488 e. The van der Waals surface area contributed by atoms with Crippen molar-refractivity contribution >= 4 is 12.6 Å². The Labute approximate surface area is 119 Å². The van der Waals surface area contributed by atoms with Crippen molar-refractivity contribution in [2.24, 2.45) is 5.92 Å². The Bertz CT molecular complexity index is 436. The van der Waals surface area contributed by atoms with Crippen LogP contribution in [0.2, 0.25) is 0 Å². The number of hydrogen-bond acceptors (Lipinski definition) is 4. The number of nitrogens with zero attached hydrogens (tertiary/aromatic N) is 1. The van der Waals surface area contributed by atoms with Gasteiger partial charge < -0.3 is 14.8 Å². The van der Waals surface area contributed by atoms with Crippen LogP contribution < -0.4 is 5.46 Å². The molecular weight excluding hydrogens is 260 g/mol. The van der Waals surface area contributed by atoms with Gasteiger partial charge in [0.15, 0.2) is 0 Å². The molecule has 1 fully saturated rings. The van der Waals surface area contributed by atoms with Crippen LogP contribution in [-0.4, -0.2) is 48.9 Å². The van der Waals surface area contributed by atoms with Crippen LogP contribution in [0, 0.1) is 11.7 Å². The molecule has 0 saturated carbocycles. The van der Waals surface area contributed by atoms with Gasteiger partial charge in [0.1, 0.15) is 5.82 Å². The summed E-state index contributed by atoms with van der Waals surface area (Å²) in [6.45, 7) is 3.36. The van der Waals surface area contributed by atoms with Crippen molar-refractivity contribution in [3.63, 3.8) is 0 Å². The molecule has 6 heteroatoms. The van der Waals surface area contributed by atoms with Crippen LogP contribution in [0.4, 0.5) is 4.39 Å². The van der Waals surface area contributed by atoms with E-state index in [2.05, 4.69) is 4.90 Å². The summed E-state index contributed by atoms with van der Waals surface area (Å²) in [6.07, 6.45) is 2.16. The third-order valence-corrected chi connectivity index (χ3v) is 3.79. The van der Waals surface area contributed by atoms with Crippen molar-refractivity contribution < 1.29 is 19.2 Å². The van der Waals surface area contributed by atoms with E-state index in [0.717, 1.165) is 44.2 Å². The predicted octanol–water partition coefficient (Wildman–Crippen LogP) is 0.364. The lowest BCUT2D eigenvalue weighted by atomic mass is 9.79. The van der Waals surface area contributed by atoms with Crippen LogP contribution >= 0.6 is 0 Å². The van der Waals surface area contributed by atoms with Crippen molar-refractivity contribution in [2.45, 2.75) is 19.4 Å². The monoisotopic (exact) mass is 281 g/mol. The van der Waals surface area contributed by atoms with Crippen LogP contribution in [0.1, 0.15) is 18.4 Å². The number of hydrogen-bond donors (Lipinski definition) is 2. The van der Waals surface area contributed by atoms with E-state index in [4.69, 9.17) is 14.8 Å². The lowest BCUT2D eigenvalue weighted by Gasteiger charge is -2.31. The van der Waals surface area contributed by atoms with E-state index in [1.165, 1.54) is 6.07 Å². The highest BCUT2D eigenvalue weighted by Crippen LogP contribution is 2.19. The van der Waals surface area contributed by atoms with E-state index in [1.807, 2.05) is 0 Å². The molecule has 4 nitrogen and oxygen atoms in total. The van der Waals surface area contributed by atoms with Gasteiger partial charge in [-0.15, -0.1) is 0 Å². The van der Waals surface area contributed by atoms with E-state index < -0.39 is 12.9 Å². The number of benzene rings is 1. The van der Waals surface area contributed by atoms with E-state index in [1.54, 1.807) is 13.2 Å². The van der Waals surface area contributed by atoms with Crippen LogP contribution in [0.5, 0.6) is 0 Å². The fourth-order valence-corrected chi connectivity index (χ4v) is 2.72. The lowest BCUT2D eigenvalue weighted by Crippen LogP contribution is -2.35. The van der Waals surface area contributed by atoms with Gasteiger partial charge in [-0.25, -0.2) is 4.39 Å². The first kappa shape index (κ1) is 15.4. The molecule has 0 aromatic heterocycles. The van der Waals surface area contributed by atoms with Crippen LogP contribution in [0.3, 0.4) is 0 Å². The first-order valence-electron chi connectivity index (χ1n) is 6.95. The number of ether oxygens (including phenoxy) is 1. The minimum absolute atomic E-state index is 0.203. The molecule has 1 aliphatic heterocycles. The Morgan fingerprint density at radius 1 is 1.30 bits per heavy atom. The van der Waals surface area contributed by atoms with Crippen LogP contribution in [-0.2, 0) is 11.3 Å². The summed E-state index contributed by atoms with van der Waals surface area (Å²) in [7, 11) is 0.0952. The minimum Gasteiger partial charge on any atom is -0.423 e. The Balaban J connectivity index is 1.94. The zero-order valence-corrected chi connectivity index (χ0v) is 11.8. The highest BCUT2D eigenvalue weighted by molar-refractivity contribution is 6.58. The van der Waals surface area contributed by atoms with E-state index >= 15 is 0 Å². The highest BCUT2D eigenvalue weighted by atomic mass is 19.1. The van der Waals surface area contributed by atoms with E-state index in [-0.39, 0.29) is 5.46 Å². The average Bonchev–Trinajstić information content (AvgIpc) is 2.40. The van der Waals surface area contributed by atoms with Gasteiger partial charge >= 0.3 is 7.12 Å². The molecule has 0 unspecified atom stereocenters. The number of piperidine rings is 1. The molecule has 1 aromatic rings. The number of methoxy groups -OCH3 is 1. The van der Waals surface area contributed by atoms with Crippen molar-refractivity contribution in [3.05, 3.63) is 29.6 Å². The Kier molecular flexibility index (Phi) is 5.54. The van der Waals surface area contributed by atoms with Gasteiger partial charge in [-0.2, -0.15) is 0 Å². The summed E-state index contributed by atoms with van der Waals surface area (Å²) in [6, 6.07) is 4.25. The molecule has 0 radical (unpaired) electrons. The summed E-state index contributed by atoms with van der Waals surface area (Å²) in [5, 5.41) is 18.3. The molecule has 110 valence electrons. The SMILES string of the molecule is COCC1CCN(Cc2cc(F)cc(B(O)O)c2)CC1. The molecule has 1 aliphatic rings. The summed E-state index contributed by atoms with van der Waals surface area (Å²) in [5.74, 6) is 0.179. The second-order valence-electron chi connectivity index (χ2n) is 5.44. The molecule has 2 rings (SSSR count). The number of likely N-dealkylation sites (tertiary alicyclic amines) is 1. The Morgan fingerprint density at radius 2 is 2.00 bits per heavy atom. The second kappa shape index (κ2) is 7.17.